The van der Waals surface area contributed by atoms with E-state index in [1.54, 1.807) is 16.9 Å². The van der Waals surface area contributed by atoms with Crippen molar-refractivity contribution in [2.24, 2.45) is 0 Å². The molecule has 1 aliphatic carbocycles. The molecule has 6 heteroatoms. The van der Waals surface area contributed by atoms with Crippen LogP contribution in [0.2, 0.25) is 0 Å². The Hall–Kier alpha value is -2.73. The minimum Gasteiger partial charge on any atom is -0.337 e. The van der Waals surface area contributed by atoms with Gasteiger partial charge in [0.2, 0.25) is 0 Å². The van der Waals surface area contributed by atoms with Crippen LogP contribution in [0.15, 0.2) is 42.9 Å². The van der Waals surface area contributed by atoms with Crippen LogP contribution in [0.25, 0.3) is 5.65 Å². The van der Waals surface area contributed by atoms with E-state index in [1.165, 1.54) is 11.1 Å². The average molecular weight is 375 g/mol. The third-order valence-electron chi connectivity index (χ3n) is 6.08. The predicted molar refractivity (Wildman–Crippen MR) is 107 cm³/mol. The lowest BCUT2D eigenvalue weighted by atomic mass is 10.1. The molecule has 5 rings (SSSR count). The SMILES string of the molecule is Cc1cnc2c(C(=O)N3CCCN(C4Cc5ccccc5C4)CC3)cnn2c1. The lowest BCUT2D eigenvalue weighted by molar-refractivity contribution is 0.0760. The molecule has 1 saturated heterocycles. The zero-order valence-corrected chi connectivity index (χ0v) is 16.2. The summed E-state index contributed by atoms with van der Waals surface area (Å²) in [5.74, 6) is 0.0444. The first-order valence-electron chi connectivity index (χ1n) is 10.1. The van der Waals surface area contributed by atoms with Crippen molar-refractivity contribution >= 4 is 11.6 Å². The monoisotopic (exact) mass is 375 g/mol. The number of carbonyl (C=O) groups excluding carboxylic acids is 1. The van der Waals surface area contributed by atoms with Gasteiger partial charge in [0.05, 0.1) is 6.20 Å². The van der Waals surface area contributed by atoms with E-state index < -0.39 is 0 Å². The summed E-state index contributed by atoms with van der Waals surface area (Å²) in [6.45, 7) is 5.50. The highest BCUT2D eigenvalue weighted by atomic mass is 16.2. The molecule has 28 heavy (non-hydrogen) atoms. The summed E-state index contributed by atoms with van der Waals surface area (Å²) in [5.41, 5.74) is 5.23. The number of rotatable bonds is 2. The summed E-state index contributed by atoms with van der Waals surface area (Å²) in [6.07, 6.45) is 8.60. The van der Waals surface area contributed by atoms with Crippen LogP contribution >= 0.6 is 0 Å². The third kappa shape index (κ3) is 3.07. The van der Waals surface area contributed by atoms with Gasteiger partial charge in [-0.05, 0) is 42.9 Å². The van der Waals surface area contributed by atoms with Crippen LogP contribution in [-0.4, -0.2) is 62.5 Å². The topological polar surface area (TPSA) is 53.7 Å². The van der Waals surface area contributed by atoms with Gasteiger partial charge in [0.25, 0.3) is 5.91 Å². The third-order valence-corrected chi connectivity index (χ3v) is 6.08. The summed E-state index contributed by atoms with van der Waals surface area (Å²) >= 11 is 0. The van der Waals surface area contributed by atoms with Crippen molar-refractivity contribution in [1.82, 2.24) is 24.4 Å². The number of hydrogen-bond donors (Lipinski definition) is 0. The van der Waals surface area contributed by atoms with Gasteiger partial charge in [0.1, 0.15) is 5.56 Å². The van der Waals surface area contributed by atoms with E-state index in [1.807, 2.05) is 18.0 Å². The highest BCUT2D eigenvalue weighted by molar-refractivity contribution is 5.99. The molecule has 0 bridgehead atoms. The van der Waals surface area contributed by atoms with Gasteiger partial charge < -0.3 is 4.90 Å². The quantitative estimate of drug-likeness (QED) is 0.690. The fourth-order valence-electron chi connectivity index (χ4n) is 4.59. The Balaban J connectivity index is 1.29. The van der Waals surface area contributed by atoms with Crippen LogP contribution in [-0.2, 0) is 12.8 Å². The fraction of sp³-hybridized carbons (Fsp3) is 0.409. The lowest BCUT2D eigenvalue weighted by Gasteiger charge is -2.27. The minimum absolute atomic E-state index is 0.0444. The van der Waals surface area contributed by atoms with Crippen molar-refractivity contribution < 1.29 is 4.79 Å². The van der Waals surface area contributed by atoms with Crippen LogP contribution in [0.3, 0.4) is 0 Å². The summed E-state index contributed by atoms with van der Waals surface area (Å²) in [4.78, 5) is 22.1. The molecule has 1 amide bonds. The Kier molecular flexibility index (Phi) is 4.36. The second-order valence-corrected chi connectivity index (χ2v) is 7.97. The molecule has 0 atom stereocenters. The number of fused-ring (bicyclic) bond motifs is 2. The summed E-state index contributed by atoms with van der Waals surface area (Å²) < 4.78 is 1.70. The van der Waals surface area contributed by atoms with Gasteiger partial charge in [-0.15, -0.1) is 0 Å². The van der Waals surface area contributed by atoms with Crippen molar-refractivity contribution in [3.8, 4) is 0 Å². The summed E-state index contributed by atoms with van der Waals surface area (Å²) in [6, 6.07) is 9.34. The van der Waals surface area contributed by atoms with Crippen LogP contribution in [0, 0.1) is 6.92 Å². The van der Waals surface area contributed by atoms with Gasteiger partial charge in [-0.3, -0.25) is 9.69 Å². The van der Waals surface area contributed by atoms with Crippen LogP contribution in [0.4, 0.5) is 0 Å². The number of aryl methyl sites for hydroxylation is 1. The van der Waals surface area contributed by atoms with E-state index in [0.29, 0.717) is 17.3 Å². The van der Waals surface area contributed by atoms with Crippen LogP contribution < -0.4 is 0 Å². The molecule has 1 aliphatic heterocycles. The zero-order valence-electron chi connectivity index (χ0n) is 16.2. The summed E-state index contributed by atoms with van der Waals surface area (Å²) in [5, 5.41) is 4.32. The zero-order chi connectivity index (χ0) is 19.1. The molecule has 1 aromatic carbocycles. The number of amides is 1. The molecule has 1 fully saturated rings. The van der Waals surface area contributed by atoms with E-state index in [9.17, 15) is 4.79 Å². The number of benzene rings is 1. The number of carbonyl (C=O) groups is 1. The molecular formula is C22H25N5O. The van der Waals surface area contributed by atoms with Gasteiger partial charge in [-0.1, -0.05) is 24.3 Å². The first kappa shape index (κ1) is 17.4. The predicted octanol–water partition coefficient (Wildman–Crippen LogP) is 2.35. The molecule has 0 saturated carbocycles. The van der Waals surface area contributed by atoms with E-state index in [4.69, 9.17) is 0 Å². The standard InChI is InChI=1S/C22H25N5O/c1-16-13-23-21-20(14-24-27(21)15-16)22(28)26-8-4-7-25(9-10-26)19-11-17-5-2-3-6-18(17)12-19/h2-3,5-6,13-15,19H,4,7-12H2,1H3. The average Bonchev–Trinajstić information content (AvgIpc) is 3.23. The van der Waals surface area contributed by atoms with Gasteiger partial charge in [0.15, 0.2) is 5.65 Å². The molecule has 3 heterocycles. The second-order valence-electron chi connectivity index (χ2n) is 7.97. The van der Waals surface area contributed by atoms with E-state index in [0.717, 1.165) is 51.0 Å². The molecule has 144 valence electrons. The molecule has 2 aromatic heterocycles. The van der Waals surface area contributed by atoms with E-state index in [2.05, 4.69) is 39.2 Å². The Morgan fingerprint density at radius 1 is 1.04 bits per heavy atom. The first-order valence-corrected chi connectivity index (χ1v) is 10.1. The second kappa shape index (κ2) is 7.02. The molecule has 0 unspecified atom stereocenters. The molecule has 0 spiro atoms. The Morgan fingerprint density at radius 3 is 2.61 bits per heavy atom. The molecule has 0 radical (unpaired) electrons. The molecule has 2 aliphatic rings. The summed E-state index contributed by atoms with van der Waals surface area (Å²) in [7, 11) is 0. The van der Waals surface area contributed by atoms with Crippen molar-refractivity contribution in [2.75, 3.05) is 26.2 Å². The van der Waals surface area contributed by atoms with Crippen molar-refractivity contribution in [1.29, 1.82) is 0 Å². The molecule has 3 aromatic rings. The highest BCUT2D eigenvalue weighted by Gasteiger charge is 2.29. The van der Waals surface area contributed by atoms with Crippen molar-refractivity contribution in [3.63, 3.8) is 0 Å². The maximum atomic E-state index is 13.1. The first-order chi connectivity index (χ1) is 13.7. The Bertz CT molecular complexity index is 1000. The van der Waals surface area contributed by atoms with Crippen molar-refractivity contribution in [3.05, 3.63) is 65.1 Å². The van der Waals surface area contributed by atoms with Gasteiger partial charge in [0, 0.05) is 44.6 Å². The smallest absolute Gasteiger partial charge is 0.259 e. The van der Waals surface area contributed by atoms with Gasteiger partial charge in [-0.25, -0.2) is 9.50 Å². The highest BCUT2D eigenvalue weighted by Crippen LogP contribution is 2.26. The minimum atomic E-state index is 0.0444. The molecule has 0 N–H and O–H groups in total. The maximum Gasteiger partial charge on any atom is 0.259 e. The van der Waals surface area contributed by atoms with E-state index in [-0.39, 0.29) is 5.91 Å². The normalized spacial score (nSPS) is 18.4. The van der Waals surface area contributed by atoms with E-state index >= 15 is 0 Å². The number of hydrogen-bond acceptors (Lipinski definition) is 4. The Morgan fingerprint density at radius 2 is 1.82 bits per heavy atom. The number of aromatic nitrogens is 3. The fourth-order valence-corrected chi connectivity index (χ4v) is 4.59. The van der Waals surface area contributed by atoms with Crippen molar-refractivity contribution in [2.45, 2.75) is 32.2 Å². The van der Waals surface area contributed by atoms with Crippen LogP contribution in [0.5, 0.6) is 0 Å². The lowest BCUT2D eigenvalue weighted by Crippen LogP contribution is -2.40. The molecular weight excluding hydrogens is 350 g/mol. The molecule has 6 nitrogen and oxygen atoms in total. The number of nitrogens with zero attached hydrogens (tertiary/aromatic N) is 5. The van der Waals surface area contributed by atoms with Crippen LogP contribution in [0.1, 0.15) is 33.5 Å². The largest absolute Gasteiger partial charge is 0.337 e. The Labute approximate surface area is 164 Å². The van der Waals surface area contributed by atoms with Gasteiger partial charge >= 0.3 is 0 Å². The van der Waals surface area contributed by atoms with Gasteiger partial charge in [-0.2, -0.15) is 5.10 Å². The maximum absolute atomic E-state index is 13.1.